The Balaban J connectivity index is 2.47. The van der Waals surface area contributed by atoms with Crippen molar-refractivity contribution < 1.29 is 27.8 Å². The van der Waals surface area contributed by atoms with Crippen molar-refractivity contribution in [1.29, 1.82) is 0 Å². The average molecular weight is 311 g/mol. The molecule has 0 unspecified atom stereocenters. The Bertz CT molecular complexity index is 730. The minimum Gasteiger partial charge on any atom is -0.464 e. The molecule has 0 N–H and O–H groups in total. The maximum atomic E-state index is 13.7. The van der Waals surface area contributed by atoms with Gasteiger partial charge in [0.15, 0.2) is 17.3 Å². The van der Waals surface area contributed by atoms with E-state index in [4.69, 9.17) is 0 Å². The number of benzene rings is 1. The Labute approximate surface area is 123 Å². The van der Waals surface area contributed by atoms with Crippen LogP contribution in [0.1, 0.15) is 26.5 Å². The lowest BCUT2D eigenvalue weighted by atomic mass is 10.2. The third-order valence-electron chi connectivity index (χ3n) is 2.84. The van der Waals surface area contributed by atoms with Crippen molar-refractivity contribution in [3.63, 3.8) is 0 Å². The first-order valence-corrected chi connectivity index (χ1v) is 6.02. The Morgan fingerprint density at radius 1 is 1.18 bits per heavy atom. The van der Waals surface area contributed by atoms with Crippen LogP contribution in [0.2, 0.25) is 0 Å². The predicted octanol–water partition coefficient (Wildman–Crippen LogP) is 1.18. The summed E-state index contributed by atoms with van der Waals surface area (Å²) in [5.74, 6) is -3.91. The summed E-state index contributed by atoms with van der Waals surface area (Å²) in [6.45, 7) is -0.308. The highest BCUT2D eigenvalue weighted by Crippen LogP contribution is 2.15. The third kappa shape index (κ3) is 2.78. The van der Waals surface area contributed by atoms with Gasteiger partial charge >= 0.3 is 11.9 Å². The minimum absolute atomic E-state index is 0.0635. The van der Waals surface area contributed by atoms with E-state index >= 15 is 0 Å². The molecule has 2 rings (SSSR count). The molecule has 22 heavy (non-hydrogen) atoms. The normalized spacial score (nSPS) is 10.4. The number of methoxy groups -OCH3 is 2. The standard InChI is InChI=1S/C13H11F2N3O4/c1-21-12(19)10-11(13(20)22-2)18(17-16-10)6-7-4-3-5-8(14)9(7)15/h3-5H,6H2,1-2H3. The molecule has 1 aromatic carbocycles. The number of aromatic nitrogens is 3. The van der Waals surface area contributed by atoms with Crippen molar-refractivity contribution in [2.45, 2.75) is 6.54 Å². The van der Waals surface area contributed by atoms with Gasteiger partial charge in [0.2, 0.25) is 5.69 Å². The molecule has 0 aliphatic heterocycles. The van der Waals surface area contributed by atoms with Gasteiger partial charge in [-0.2, -0.15) is 0 Å². The van der Waals surface area contributed by atoms with Crippen LogP contribution in [-0.4, -0.2) is 41.2 Å². The molecular weight excluding hydrogens is 300 g/mol. The molecule has 7 nitrogen and oxygen atoms in total. The average Bonchev–Trinajstić information content (AvgIpc) is 2.94. The van der Waals surface area contributed by atoms with Crippen LogP contribution in [0.15, 0.2) is 18.2 Å². The fraction of sp³-hybridized carbons (Fsp3) is 0.231. The number of halogens is 2. The van der Waals surface area contributed by atoms with E-state index in [-0.39, 0.29) is 23.5 Å². The fourth-order valence-electron chi connectivity index (χ4n) is 1.79. The topological polar surface area (TPSA) is 83.3 Å². The summed E-state index contributed by atoms with van der Waals surface area (Å²) in [5, 5.41) is 7.12. The maximum absolute atomic E-state index is 13.7. The van der Waals surface area contributed by atoms with E-state index < -0.39 is 23.6 Å². The number of ether oxygens (including phenoxy) is 2. The van der Waals surface area contributed by atoms with Crippen LogP contribution < -0.4 is 0 Å². The van der Waals surface area contributed by atoms with E-state index in [1.54, 1.807) is 0 Å². The van der Waals surface area contributed by atoms with Crippen molar-refractivity contribution in [2.75, 3.05) is 14.2 Å². The molecule has 116 valence electrons. The summed E-state index contributed by atoms with van der Waals surface area (Å²) in [7, 11) is 2.21. The molecule has 9 heteroatoms. The summed E-state index contributed by atoms with van der Waals surface area (Å²) in [4.78, 5) is 23.3. The highest BCUT2D eigenvalue weighted by molar-refractivity contribution is 6.00. The number of hydrogen-bond acceptors (Lipinski definition) is 6. The molecule has 0 saturated heterocycles. The first-order valence-electron chi connectivity index (χ1n) is 6.02. The predicted molar refractivity (Wildman–Crippen MR) is 68.2 cm³/mol. The van der Waals surface area contributed by atoms with Crippen LogP contribution in [-0.2, 0) is 16.0 Å². The zero-order chi connectivity index (χ0) is 16.3. The maximum Gasteiger partial charge on any atom is 0.361 e. The zero-order valence-corrected chi connectivity index (χ0v) is 11.7. The molecular formula is C13H11F2N3O4. The highest BCUT2D eigenvalue weighted by Gasteiger charge is 2.27. The van der Waals surface area contributed by atoms with Gasteiger partial charge in [-0.05, 0) is 6.07 Å². The second kappa shape index (κ2) is 6.29. The van der Waals surface area contributed by atoms with Crippen molar-refractivity contribution in [3.8, 4) is 0 Å². The molecule has 0 bridgehead atoms. The SMILES string of the molecule is COC(=O)c1nnn(Cc2cccc(F)c2F)c1C(=O)OC. The fourth-order valence-corrected chi connectivity index (χ4v) is 1.79. The Hall–Kier alpha value is -2.84. The third-order valence-corrected chi connectivity index (χ3v) is 2.84. The van der Waals surface area contributed by atoms with Gasteiger partial charge in [-0.3, -0.25) is 0 Å². The number of rotatable bonds is 4. The smallest absolute Gasteiger partial charge is 0.361 e. The largest absolute Gasteiger partial charge is 0.464 e. The van der Waals surface area contributed by atoms with Crippen LogP contribution in [0.3, 0.4) is 0 Å². The molecule has 0 radical (unpaired) electrons. The number of carbonyl (C=O) groups excluding carboxylic acids is 2. The summed E-state index contributed by atoms with van der Waals surface area (Å²) >= 11 is 0. The molecule has 0 amide bonds. The van der Waals surface area contributed by atoms with Crippen LogP contribution in [0.25, 0.3) is 0 Å². The second-order valence-corrected chi connectivity index (χ2v) is 4.14. The van der Waals surface area contributed by atoms with Crippen molar-refractivity contribution in [2.24, 2.45) is 0 Å². The summed E-state index contributed by atoms with van der Waals surface area (Å²) in [6, 6.07) is 3.59. The molecule has 0 aliphatic carbocycles. The van der Waals surface area contributed by atoms with Gasteiger partial charge in [-0.15, -0.1) is 5.10 Å². The van der Waals surface area contributed by atoms with Gasteiger partial charge in [0.05, 0.1) is 20.8 Å². The van der Waals surface area contributed by atoms with Crippen molar-refractivity contribution in [3.05, 3.63) is 46.8 Å². The van der Waals surface area contributed by atoms with E-state index in [2.05, 4.69) is 19.8 Å². The second-order valence-electron chi connectivity index (χ2n) is 4.14. The monoisotopic (exact) mass is 311 g/mol. The minimum atomic E-state index is -1.08. The zero-order valence-electron chi connectivity index (χ0n) is 11.7. The molecule has 0 fully saturated rings. The van der Waals surface area contributed by atoms with Gasteiger partial charge < -0.3 is 9.47 Å². The molecule has 0 spiro atoms. The van der Waals surface area contributed by atoms with Crippen LogP contribution in [0, 0.1) is 11.6 Å². The number of esters is 2. The van der Waals surface area contributed by atoms with E-state index in [0.717, 1.165) is 25.0 Å². The number of carbonyl (C=O) groups is 2. The number of nitrogens with zero attached hydrogens (tertiary/aromatic N) is 3. The van der Waals surface area contributed by atoms with Gasteiger partial charge in [0, 0.05) is 5.56 Å². The first kappa shape index (κ1) is 15.5. The van der Waals surface area contributed by atoms with Gasteiger partial charge in [-0.1, -0.05) is 17.3 Å². The van der Waals surface area contributed by atoms with Crippen molar-refractivity contribution >= 4 is 11.9 Å². The van der Waals surface area contributed by atoms with E-state index in [1.807, 2.05) is 0 Å². The molecule has 1 aromatic heterocycles. The van der Waals surface area contributed by atoms with Gasteiger partial charge in [0.1, 0.15) is 0 Å². The Morgan fingerprint density at radius 2 is 1.86 bits per heavy atom. The summed E-state index contributed by atoms with van der Waals surface area (Å²) in [6.07, 6.45) is 0. The molecule has 0 atom stereocenters. The lowest BCUT2D eigenvalue weighted by Gasteiger charge is -2.07. The summed E-state index contributed by atoms with van der Waals surface area (Å²) < 4.78 is 36.9. The van der Waals surface area contributed by atoms with Crippen LogP contribution >= 0.6 is 0 Å². The molecule has 0 saturated carbocycles. The van der Waals surface area contributed by atoms with E-state index in [0.29, 0.717) is 0 Å². The summed E-state index contributed by atoms with van der Waals surface area (Å²) in [5.41, 5.74) is -0.740. The molecule has 0 aliphatic rings. The Morgan fingerprint density at radius 3 is 2.50 bits per heavy atom. The van der Waals surface area contributed by atoms with Gasteiger partial charge in [0.25, 0.3) is 0 Å². The highest BCUT2D eigenvalue weighted by atomic mass is 19.2. The van der Waals surface area contributed by atoms with E-state index in [9.17, 15) is 18.4 Å². The number of hydrogen-bond donors (Lipinski definition) is 0. The van der Waals surface area contributed by atoms with Gasteiger partial charge in [-0.25, -0.2) is 23.1 Å². The quantitative estimate of drug-likeness (QED) is 0.788. The van der Waals surface area contributed by atoms with Crippen LogP contribution in [0.5, 0.6) is 0 Å². The van der Waals surface area contributed by atoms with Crippen LogP contribution in [0.4, 0.5) is 8.78 Å². The lowest BCUT2D eigenvalue weighted by molar-refractivity contribution is 0.0544. The van der Waals surface area contributed by atoms with E-state index in [1.165, 1.54) is 12.1 Å². The molecule has 2 aromatic rings. The molecule has 1 heterocycles. The first-order chi connectivity index (χ1) is 10.5. The lowest BCUT2D eigenvalue weighted by Crippen LogP contribution is -2.17. The van der Waals surface area contributed by atoms with Crippen molar-refractivity contribution in [1.82, 2.24) is 15.0 Å². The Kier molecular flexibility index (Phi) is 4.44.